The Hall–Kier alpha value is -1.55. The van der Waals surface area contributed by atoms with Crippen LogP contribution in [0.5, 0.6) is 0 Å². The Labute approximate surface area is 111 Å². The molecule has 1 atom stereocenters. The van der Waals surface area contributed by atoms with Gasteiger partial charge in [-0.2, -0.15) is 0 Å². The van der Waals surface area contributed by atoms with E-state index in [0.717, 1.165) is 16.6 Å². The predicted octanol–water partition coefficient (Wildman–Crippen LogP) is 2.82. The number of imidazole rings is 1. The number of aryl methyl sites for hydroxylation is 1. The van der Waals surface area contributed by atoms with Crippen molar-refractivity contribution in [2.75, 3.05) is 7.11 Å². The van der Waals surface area contributed by atoms with Gasteiger partial charge in [0.1, 0.15) is 12.4 Å². The van der Waals surface area contributed by atoms with E-state index in [4.69, 9.17) is 16.3 Å². The second kappa shape index (κ2) is 4.98. The molecule has 96 valence electrons. The lowest BCUT2D eigenvalue weighted by atomic mass is 10.2. The van der Waals surface area contributed by atoms with Crippen molar-refractivity contribution in [2.45, 2.75) is 25.8 Å². The summed E-state index contributed by atoms with van der Waals surface area (Å²) in [6, 6.07) is 5.84. The SMILES string of the molecule is COC(=O)Cn1c(C(C)Cl)nc2cccc(C)c21. The van der Waals surface area contributed by atoms with Crippen molar-refractivity contribution in [3.05, 3.63) is 29.6 Å². The number of carbonyl (C=O) groups excluding carboxylic acids is 1. The van der Waals surface area contributed by atoms with E-state index in [2.05, 4.69) is 4.98 Å². The first-order valence-corrected chi connectivity index (χ1v) is 6.15. The Morgan fingerprint density at radius 3 is 2.89 bits per heavy atom. The summed E-state index contributed by atoms with van der Waals surface area (Å²) in [5.41, 5.74) is 2.85. The molecule has 5 heteroatoms. The van der Waals surface area contributed by atoms with Gasteiger partial charge in [-0.05, 0) is 25.5 Å². The molecule has 4 nitrogen and oxygen atoms in total. The summed E-state index contributed by atoms with van der Waals surface area (Å²) in [6.07, 6.45) is 0. The number of nitrogens with zero attached hydrogens (tertiary/aromatic N) is 2. The third kappa shape index (κ3) is 2.20. The Kier molecular flexibility index (Phi) is 3.57. The second-order valence-electron chi connectivity index (χ2n) is 4.19. The van der Waals surface area contributed by atoms with E-state index in [1.54, 1.807) is 0 Å². The Morgan fingerprint density at radius 1 is 1.56 bits per heavy atom. The van der Waals surface area contributed by atoms with Crippen LogP contribution in [0.15, 0.2) is 18.2 Å². The van der Waals surface area contributed by atoms with Crippen molar-refractivity contribution in [3.8, 4) is 0 Å². The average molecular weight is 267 g/mol. The highest BCUT2D eigenvalue weighted by Crippen LogP contribution is 2.26. The number of fused-ring (bicyclic) bond motifs is 1. The summed E-state index contributed by atoms with van der Waals surface area (Å²) in [5.74, 6) is 0.377. The van der Waals surface area contributed by atoms with Crippen molar-refractivity contribution in [3.63, 3.8) is 0 Å². The van der Waals surface area contributed by atoms with Crippen LogP contribution in [0.3, 0.4) is 0 Å². The number of methoxy groups -OCH3 is 1. The van der Waals surface area contributed by atoms with Crippen molar-refractivity contribution in [2.24, 2.45) is 0 Å². The summed E-state index contributed by atoms with van der Waals surface area (Å²) >= 11 is 6.12. The number of hydrogen-bond donors (Lipinski definition) is 0. The summed E-state index contributed by atoms with van der Waals surface area (Å²) in [4.78, 5) is 16.0. The van der Waals surface area contributed by atoms with Gasteiger partial charge in [-0.15, -0.1) is 11.6 Å². The number of alkyl halides is 1. The van der Waals surface area contributed by atoms with E-state index < -0.39 is 0 Å². The lowest BCUT2D eigenvalue weighted by Gasteiger charge is -2.10. The van der Waals surface area contributed by atoms with Crippen molar-refractivity contribution < 1.29 is 9.53 Å². The predicted molar refractivity (Wildman–Crippen MR) is 70.8 cm³/mol. The number of carbonyl (C=O) groups is 1. The standard InChI is InChI=1S/C13H15ClN2O2/c1-8-5-4-6-10-12(8)16(7-11(17)18-3)13(15-10)9(2)14/h4-6,9H,7H2,1-3H3. The van der Waals surface area contributed by atoms with Crippen LogP contribution in [0, 0.1) is 6.92 Å². The Morgan fingerprint density at radius 2 is 2.28 bits per heavy atom. The van der Waals surface area contributed by atoms with Gasteiger partial charge in [-0.25, -0.2) is 4.98 Å². The molecule has 0 radical (unpaired) electrons. The first-order valence-electron chi connectivity index (χ1n) is 5.71. The normalized spacial score (nSPS) is 12.7. The smallest absolute Gasteiger partial charge is 0.325 e. The first kappa shape index (κ1) is 12.9. The third-order valence-electron chi connectivity index (χ3n) is 2.87. The van der Waals surface area contributed by atoms with E-state index in [9.17, 15) is 4.79 Å². The number of esters is 1. The molecule has 0 aliphatic heterocycles. The highest BCUT2D eigenvalue weighted by atomic mass is 35.5. The molecule has 0 N–H and O–H groups in total. The molecule has 0 saturated carbocycles. The molecule has 1 aromatic carbocycles. The van der Waals surface area contributed by atoms with Gasteiger partial charge in [0, 0.05) is 0 Å². The minimum Gasteiger partial charge on any atom is -0.468 e. The van der Waals surface area contributed by atoms with E-state index in [1.807, 2.05) is 36.6 Å². The Bertz CT molecular complexity index is 590. The molecule has 1 heterocycles. The largest absolute Gasteiger partial charge is 0.468 e. The third-order valence-corrected chi connectivity index (χ3v) is 3.06. The fraction of sp³-hybridized carbons (Fsp3) is 0.385. The average Bonchev–Trinajstić information content (AvgIpc) is 2.69. The molecule has 0 spiro atoms. The second-order valence-corrected chi connectivity index (χ2v) is 4.85. The number of rotatable bonds is 3. The molecule has 2 rings (SSSR count). The topological polar surface area (TPSA) is 44.1 Å². The molecular formula is C13H15ClN2O2. The van der Waals surface area contributed by atoms with Crippen LogP contribution < -0.4 is 0 Å². The number of benzene rings is 1. The van der Waals surface area contributed by atoms with Gasteiger partial charge < -0.3 is 9.30 Å². The van der Waals surface area contributed by atoms with Crippen LogP contribution in [-0.2, 0) is 16.1 Å². The Balaban J connectivity index is 2.65. The van der Waals surface area contributed by atoms with Crippen molar-refractivity contribution in [1.29, 1.82) is 0 Å². The molecule has 18 heavy (non-hydrogen) atoms. The van der Waals surface area contributed by atoms with E-state index in [-0.39, 0.29) is 17.9 Å². The first-order chi connectivity index (χ1) is 8.54. The van der Waals surface area contributed by atoms with Crippen LogP contribution in [0.2, 0.25) is 0 Å². The lowest BCUT2D eigenvalue weighted by Crippen LogP contribution is -2.14. The highest BCUT2D eigenvalue weighted by Gasteiger charge is 2.18. The molecule has 1 aromatic heterocycles. The molecule has 1 unspecified atom stereocenters. The van der Waals surface area contributed by atoms with Gasteiger partial charge in [0.05, 0.1) is 23.5 Å². The summed E-state index contributed by atoms with van der Waals surface area (Å²) in [6.45, 7) is 3.95. The van der Waals surface area contributed by atoms with Gasteiger partial charge in [0.2, 0.25) is 0 Å². The van der Waals surface area contributed by atoms with Crippen molar-refractivity contribution in [1.82, 2.24) is 9.55 Å². The van der Waals surface area contributed by atoms with E-state index >= 15 is 0 Å². The highest BCUT2D eigenvalue weighted by molar-refractivity contribution is 6.20. The molecule has 0 amide bonds. The number of aromatic nitrogens is 2. The van der Waals surface area contributed by atoms with Crippen LogP contribution in [0.25, 0.3) is 11.0 Å². The molecule has 2 aromatic rings. The maximum atomic E-state index is 11.5. The van der Waals surface area contributed by atoms with Gasteiger partial charge >= 0.3 is 5.97 Å². The molecular weight excluding hydrogens is 252 g/mol. The van der Waals surface area contributed by atoms with Gasteiger partial charge in [-0.1, -0.05) is 12.1 Å². The lowest BCUT2D eigenvalue weighted by molar-refractivity contribution is -0.141. The van der Waals surface area contributed by atoms with Gasteiger partial charge in [0.15, 0.2) is 0 Å². The van der Waals surface area contributed by atoms with Gasteiger partial charge in [0.25, 0.3) is 0 Å². The zero-order chi connectivity index (χ0) is 13.3. The summed E-state index contributed by atoms with van der Waals surface area (Å²) in [7, 11) is 1.37. The zero-order valence-corrected chi connectivity index (χ0v) is 11.4. The maximum Gasteiger partial charge on any atom is 0.325 e. The number of hydrogen-bond acceptors (Lipinski definition) is 3. The number of para-hydroxylation sites is 1. The molecule has 0 aliphatic carbocycles. The maximum absolute atomic E-state index is 11.5. The minimum atomic E-state index is -0.309. The number of ether oxygens (including phenoxy) is 1. The van der Waals surface area contributed by atoms with E-state index in [1.165, 1.54) is 7.11 Å². The van der Waals surface area contributed by atoms with Crippen LogP contribution in [-0.4, -0.2) is 22.6 Å². The van der Waals surface area contributed by atoms with Crippen molar-refractivity contribution >= 4 is 28.6 Å². The summed E-state index contributed by atoms with van der Waals surface area (Å²) < 4.78 is 6.54. The quantitative estimate of drug-likeness (QED) is 0.634. The van der Waals surface area contributed by atoms with E-state index in [0.29, 0.717) is 5.82 Å². The molecule has 0 aliphatic rings. The van der Waals surface area contributed by atoms with Crippen LogP contribution in [0.1, 0.15) is 23.7 Å². The molecule has 0 saturated heterocycles. The van der Waals surface area contributed by atoms with Gasteiger partial charge in [-0.3, -0.25) is 4.79 Å². The van der Waals surface area contributed by atoms with Crippen LogP contribution >= 0.6 is 11.6 Å². The number of halogens is 1. The fourth-order valence-electron chi connectivity index (χ4n) is 2.04. The minimum absolute atomic E-state index is 0.129. The summed E-state index contributed by atoms with van der Waals surface area (Å²) in [5, 5.41) is -0.263. The van der Waals surface area contributed by atoms with Crippen LogP contribution in [0.4, 0.5) is 0 Å². The fourth-order valence-corrected chi connectivity index (χ4v) is 2.21. The molecule has 0 fully saturated rings. The monoisotopic (exact) mass is 266 g/mol. The zero-order valence-electron chi connectivity index (χ0n) is 10.6. The molecule has 0 bridgehead atoms.